The van der Waals surface area contributed by atoms with Crippen molar-refractivity contribution in [2.75, 3.05) is 13.2 Å². The number of nitrogens with one attached hydrogen (secondary N) is 1. The van der Waals surface area contributed by atoms with Gasteiger partial charge in [0.05, 0.1) is 6.61 Å². The highest BCUT2D eigenvalue weighted by molar-refractivity contribution is 5.71. The molecule has 3 nitrogen and oxygen atoms in total. The lowest BCUT2D eigenvalue weighted by Crippen LogP contribution is -2.10. The number of rotatable bonds is 3. The quantitative estimate of drug-likeness (QED) is 0.495. The molecule has 0 bridgehead atoms. The van der Waals surface area contributed by atoms with Gasteiger partial charge in [-0.2, -0.15) is 0 Å². The van der Waals surface area contributed by atoms with Gasteiger partial charge >= 0.3 is 5.97 Å². The maximum absolute atomic E-state index is 10.2. The lowest BCUT2D eigenvalue weighted by Gasteiger charge is -1.96. The Kier molecular flexibility index (Phi) is 4.26. The second kappa shape index (κ2) is 4.59. The SMILES string of the molecule is CCCOC(=O)C[NH]. The van der Waals surface area contributed by atoms with Crippen LogP contribution >= 0.6 is 0 Å². The van der Waals surface area contributed by atoms with E-state index >= 15 is 0 Å². The van der Waals surface area contributed by atoms with Crippen molar-refractivity contribution in [1.82, 2.24) is 5.73 Å². The average Bonchev–Trinajstić information content (AvgIpc) is 1.83. The molecule has 8 heavy (non-hydrogen) atoms. The van der Waals surface area contributed by atoms with Gasteiger partial charge in [0.2, 0.25) is 0 Å². The van der Waals surface area contributed by atoms with Gasteiger partial charge in [-0.15, -0.1) is 0 Å². The lowest BCUT2D eigenvalue weighted by atomic mass is 10.5. The van der Waals surface area contributed by atoms with Crippen molar-refractivity contribution in [1.29, 1.82) is 0 Å². The van der Waals surface area contributed by atoms with Crippen LogP contribution < -0.4 is 5.73 Å². The second-order valence-electron chi connectivity index (χ2n) is 1.40. The van der Waals surface area contributed by atoms with E-state index in [1.807, 2.05) is 6.92 Å². The molecule has 0 aliphatic rings. The minimum Gasteiger partial charge on any atom is -0.465 e. The van der Waals surface area contributed by atoms with Crippen molar-refractivity contribution in [3.05, 3.63) is 0 Å². The van der Waals surface area contributed by atoms with Crippen LogP contribution in [0.4, 0.5) is 0 Å². The average molecular weight is 116 g/mol. The number of carbonyl (C=O) groups is 1. The Balaban J connectivity index is 2.99. The summed E-state index contributed by atoms with van der Waals surface area (Å²) >= 11 is 0. The molecular formula is C5H10NO2. The summed E-state index contributed by atoms with van der Waals surface area (Å²) in [6, 6.07) is 0. The molecule has 47 valence electrons. The normalized spacial score (nSPS) is 8.75. The first-order valence-corrected chi connectivity index (χ1v) is 2.61. The Hall–Kier alpha value is -0.570. The number of carbonyl (C=O) groups excluding carboxylic acids is 1. The largest absolute Gasteiger partial charge is 0.465 e. The topological polar surface area (TPSA) is 50.1 Å². The third-order valence-electron chi connectivity index (χ3n) is 0.612. The third kappa shape index (κ3) is 3.61. The fraction of sp³-hybridized carbons (Fsp3) is 0.800. The summed E-state index contributed by atoms with van der Waals surface area (Å²) in [6.07, 6.45) is 0.825. The molecule has 0 saturated carbocycles. The summed E-state index contributed by atoms with van der Waals surface area (Å²) < 4.78 is 4.51. The Morgan fingerprint density at radius 2 is 2.38 bits per heavy atom. The van der Waals surface area contributed by atoms with Crippen LogP contribution in [0.3, 0.4) is 0 Å². The first-order chi connectivity index (χ1) is 3.81. The molecule has 0 aromatic rings. The molecule has 1 radical (unpaired) electrons. The molecule has 0 aromatic carbocycles. The number of hydrogen-bond acceptors (Lipinski definition) is 2. The minimum absolute atomic E-state index is 0.264. The summed E-state index contributed by atoms with van der Waals surface area (Å²) in [5.74, 6) is -0.438. The zero-order valence-corrected chi connectivity index (χ0v) is 4.94. The first kappa shape index (κ1) is 7.43. The maximum atomic E-state index is 10.2. The van der Waals surface area contributed by atoms with E-state index in [4.69, 9.17) is 5.73 Å². The Bertz CT molecular complexity index is 72.8. The van der Waals surface area contributed by atoms with Crippen molar-refractivity contribution in [3.8, 4) is 0 Å². The Morgan fingerprint density at radius 3 is 2.75 bits per heavy atom. The number of esters is 1. The minimum atomic E-state index is -0.438. The first-order valence-electron chi connectivity index (χ1n) is 2.61. The molecule has 1 N–H and O–H groups in total. The van der Waals surface area contributed by atoms with Crippen molar-refractivity contribution in [2.24, 2.45) is 0 Å². The van der Waals surface area contributed by atoms with Gasteiger partial charge in [-0.05, 0) is 6.42 Å². The van der Waals surface area contributed by atoms with Crippen LogP contribution in [-0.2, 0) is 9.53 Å². The summed E-state index contributed by atoms with van der Waals surface area (Å²) in [5, 5.41) is 0. The molecule has 0 aromatic heterocycles. The molecule has 0 unspecified atom stereocenters. The predicted molar refractivity (Wildman–Crippen MR) is 29.2 cm³/mol. The van der Waals surface area contributed by atoms with Crippen LogP contribution in [0.15, 0.2) is 0 Å². The smallest absolute Gasteiger partial charge is 0.321 e. The van der Waals surface area contributed by atoms with Gasteiger partial charge in [-0.1, -0.05) is 6.92 Å². The molecular weight excluding hydrogens is 106 g/mol. The van der Waals surface area contributed by atoms with Gasteiger partial charge in [-0.25, -0.2) is 5.73 Å². The monoisotopic (exact) mass is 116 g/mol. The van der Waals surface area contributed by atoms with Crippen molar-refractivity contribution >= 4 is 5.97 Å². The highest BCUT2D eigenvalue weighted by Crippen LogP contribution is 1.79. The summed E-state index contributed by atoms with van der Waals surface area (Å²) in [4.78, 5) is 10.2. The van der Waals surface area contributed by atoms with Gasteiger partial charge in [0, 0.05) is 0 Å². The summed E-state index contributed by atoms with van der Waals surface area (Å²) in [6.45, 7) is 2.09. The van der Waals surface area contributed by atoms with E-state index in [0.29, 0.717) is 6.61 Å². The highest BCUT2D eigenvalue weighted by Gasteiger charge is 1.94. The molecule has 0 aliphatic carbocycles. The summed E-state index contributed by atoms with van der Waals surface area (Å²) in [7, 11) is 0. The fourth-order valence-corrected chi connectivity index (χ4v) is 0.267. The van der Waals surface area contributed by atoms with E-state index in [1.54, 1.807) is 0 Å². The standard InChI is InChI=1S/C5H10NO2/c1-2-3-8-5(7)4-6/h6H,2-4H2,1H3. The number of ether oxygens (including phenoxy) is 1. The molecule has 0 fully saturated rings. The van der Waals surface area contributed by atoms with E-state index in [-0.39, 0.29) is 6.54 Å². The maximum Gasteiger partial charge on any atom is 0.321 e. The van der Waals surface area contributed by atoms with Crippen molar-refractivity contribution in [3.63, 3.8) is 0 Å². The van der Waals surface area contributed by atoms with E-state index in [1.165, 1.54) is 0 Å². The van der Waals surface area contributed by atoms with Crippen molar-refractivity contribution < 1.29 is 9.53 Å². The molecule has 0 aliphatic heterocycles. The van der Waals surface area contributed by atoms with Gasteiger partial charge < -0.3 is 4.74 Å². The molecule has 0 spiro atoms. The van der Waals surface area contributed by atoms with Gasteiger partial charge in [-0.3, -0.25) is 4.79 Å². The van der Waals surface area contributed by atoms with Crippen molar-refractivity contribution in [2.45, 2.75) is 13.3 Å². The van der Waals surface area contributed by atoms with Crippen LogP contribution in [0.1, 0.15) is 13.3 Å². The molecule has 0 amide bonds. The zero-order chi connectivity index (χ0) is 6.41. The van der Waals surface area contributed by atoms with E-state index in [9.17, 15) is 4.79 Å². The molecule has 3 heteroatoms. The van der Waals surface area contributed by atoms with Gasteiger partial charge in [0.15, 0.2) is 0 Å². The Morgan fingerprint density at radius 1 is 1.75 bits per heavy atom. The third-order valence-corrected chi connectivity index (χ3v) is 0.612. The highest BCUT2D eigenvalue weighted by atomic mass is 16.5. The van der Waals surface area contributed by atoms with Crippen LogP contribution in [0, 0.1) is 0 Å². The van der Waals surface area contributed by atoms with Crippen LogP contribution in [0.5, 0.6) is 0 Å². The van der Waals surface area contributed by atoms with E-state index in [0.717, 1.165) is 6.42 Å². The van der Waals surface area contributed by atoms with E-state index in [2.05, 4.69) is 4.74 Å². The van der Waals surface area contributed by atoms with E-state index < -0.39 is 5.97 Å². The summed E-state index contributed by atoms with van der Waals surface area (Å²) in [5.41, 5.74) is 6.51. The second-order valence-corrected chi connectivity index (χ2v) is 1.40. The molecule has 0 rings (SSSR count). The van der Waals surface area contributed by atoms with Crippen LogP contribution in [-0.4, -0.2) is 19.1 Å². The van der Waals surface area contributed by atoms with Gasteiger partial charge in [0.25, 0.3) is 0 Å². The Labute approximate surface area is 48.8 Å². The lowest BCUT2D eigenvalue weighted by molar-refractivity contribution is -0.142. The molecule has 0 heterocycles. The fourth-order valence-electron chi connectivity index (χ4n) is 0.267. The van der Waals surface area contributed by atoms with Gasteiger partial charge in [0.1, 0.15) is 6.54 Å². The molecule has 0 atom stereocenters. The zero-order valence-electron chi connectivity index (χ0n) is 4.94. The predicted octanol–water partition coefficient (Wildman–Crippen LogP) is 0.222. The number of hydrogen-bond donors (Lipinski definition) is 0. The molecule has 0 saturated heterocycles. The van der Waals surface area contributed by atoms with Crippen LogP contribution in [0.2, 0.25) is 0 Å². The van der Waals surface area contributed by atoms with Crippen LogP contribution in [0.25, 0.3) is 0 Å².